The second-order valence-corrected chi connectivity index (χ2v) is 9.29. The summed E-state index contributed by atoms with van der Waals surface area (Å²) in [5.41, 5.74) is 5.40. The number of hydrogen-bond acceptors (Lipinski definition) is 6. The fraction of sp³-hybridized carbons (Fsp3) is 0.296. The number of carbonyl (C=O) groups is 3. The molecule has 1 aliphatic heterocycles. The van der Waals surface area contributed by atoms with Gasteiger partial charge < -0.3 is 25.6 Å². The normalized spacial score (nSPS) is 12.8. The van der Waals surface area contributed by atoms with Gasteiger partial charge in [0.1, 0.15) is 11.3 Å². The predicted molar refractivity (Wildman–Crippen MR) is 136 cm³/mol. The number of benzene rings is 1. The van der Waals surface area contributed by atoms with Crippen molar-refractivity contribution < 1.29 is 28.3 Å². The van der Waals surface area contributed by atoms with Crippen LogP contribution in [0.1, 0.15) is 62.1 Å². The number of hydrogen-bond donors (Lipinski definition) is 3. The van der Waals surface area contributed by atoms with E-state index in [0.717, 1.165) is 5.69 Å². The number of nitrogens with one attached hydrogen (secondary N) is 1. The first-order valence-corrected chi connectivity index (χ1v) is 12.2. The van der Waals surface area contributed by atoms with Crippen LogP contribution in [-0.2, 0) is 30.4 Å². The lowest BCUT2D eigenvalue weighted by Crippen LogP contribution is -2.38. The van der Waals surface area contributed by atoms with Gasteiger partial charge in [-0.05, 0) is 24.6 Å². The molecule has 39 heavy (non-hydrogen) atoms. The fourth-order valence-corrected chi connectivity index (χ4v) is 4.37. The van der Waals surface area contributed by atoms with E-state index < -0.39 is 47.1 Å². The molecule has 3 amide bonds. The molecule has 0 saturated carbocycles. The average Bonchev–Trinajstić information content (AvgIpc) is 3.36. The topological polar surface area (TPSA) is 148 Å². The predicted octanol–water partition coefficient (Wildman–Crippen LogP) is 2.18. The van der Waals surface area contributed by atoms with Gasteiger partial charge in [0.15, 0.2) is 0 Å². The van der Waals surface area contributed by atoms with Crippen molar-refractivity contribution in [2.24, 2.45) is 5.73 Å². The number of alkyl halides is 2. The van der Waals surface area contributed by atoms with Gasteiger partial charge in [-0.15, -0.1) is 0 Å². The van der Waals surface area contributed by atoms with Crippen LogP contribution in [0.25, 0.3) is 0 Å². The molecule has 0 fully saturated rings. The Hall–Kier alpha value is -4.61. The van der Waals surface area contributed by atoms with Gasteiger partial charge in [0.25, 0.3) is 23.3 Å². The third kappa shape index (κ3) is 5.49. The third-order valence-corrected chi connectivity index (χ3v) is 6.60. The van der Waals surface area contributed by atoms with E-state index in [0.29, 0.717) is 16.8 Å². The molecule has 10 nitrogen and oxygen atoms in total. The maximum atomic E-state index is 14.1. The Morgan fingerprint density at radius 1 is 1.13 bits per heavy atom. The summed E-state index contributed by atoms with van der Waals surface area (Å²) in [6.45, 7) is 2.30. The lowest BCUT2D eigenvalue weighted by atomic mass is 10.0. The van der Waals surface area contributed by atoms with Crippen LogP contribution < -0.4 is 16.6 Å². The molecule has 1 aliphatic rings. The fourth-order valence-electron chi connectivity index (χ4n) is 4.37. The van der Waals surface area contributed by atoms with Crippen molar-refractivity contribution >= 4 is 17.7 Å². The number of amides is 3. The Kier molecular flexibility index (Phi) is 7.48. The van der Waals surface area contributed by atoms with Crippen LogP contribution >= 0.6 is 0 Å². The van der Waals surface area contributed by atoms with Gasteiger partial charge in [-0.3, -0.25) is 24.2 Å². The van der Waals surface area contributed by atoms with Crippen molar-refractivity contribution in [2.45, 2.75) is 45.8 Å². The quantitative estimate of drug-likeness (QED) is 0.400. The molecule has 0 aliphatic carbocycles. The van der Waals surface area contributed by atoms with Gasteiger partial charge >= 0.3 is 0 Å². The van der Waals surface area contributed by atoms with E-state index in [1.54, 1.807) is 19.1 Å². The van der Waals surface area contributed by atoms with Gasteiger partial charge in [0.2, 0.25) is 5.91 Å². The number of nitrogens with zero attached hydrogens (tertiary/aromatic N) is 3. The summed E-state index contributed by atoms with van der Waals surface area (Å²) in [6, 6.07) is 8.73. The molecule has 12 heteroatoms. The van der Waals surface area contributed by atoms with Crippen LogP contribution in [-0.4, -0.2) is 43.8 Å². The zero-order valence-corrected chi connectivity index (χ0v) is 21.3. The summed E-state index contributed by atoms with van der Waals surface area (Å²) < 4.78 is 29.4. The minimum Gasteiger partial charge on any atom is -0.506 e. The van der Waals surface area contributed by atoms with Gasteiger partial charge in [-0.1, -0.05) is 31.2 Å². The van der Waals surface area contributed by atoms with Crippen LogP contribution in [0.4, 0.5) is 8.78 Å². The van der Waals surface area contributed by atoms with Crippen molar-refractivity contribution in [2.75, 3.05) is 6.54 Å². The maximum absolute atomic E-state index is 14.1. The van der Waals surface area contributed by atoms with E-state index in [1.165, 1.54) is 46.9 Å². The first-order valence-electron chi connectivity index (χ1n) is 12.2. The first-order chi connectivity index (χ1) is 18.4. The van der Waals surface area contributed by atoms with Crippen molar-refractivity contribution in [3.8, 4) is 5.75 Å². The highest BCUT2D eigenvalue weighted by Crippen LogP contribution is 2.34. The van der Waals surface area contributed by atoms with E-state index in [2.05, 4.69) is 10.3 Å². The van der Waals surface area contributed by atoms with E-state index in [-0.39, 0.29) is 37.2 Å². The molecule has 204 valence electrons. The summed E-state index contributed by atoms with van der Waals surface area (Å²) in [6.07, 6.45) is 1.05. The number of primary amides is 1. The van der Waals surface area contributed by atoms with E-state index in [9.17, 15) is 33.1 Å². The Labute approximate surface area is 222 Å². The number of rotatable bonds is 8. The molecule has 1 aromatic carbocycles. The first kappa shape index (κ1) is 27.4. The molecule has 0 spiro atoms. The van der Waals surface area contributed by atoms with E-state index in [1.807, 2.05) is 0 Å². The van der Waals surface area contributed by atoms with Crippen molar-refractivity contribution in [3.63, 3.8) is 0 Å². The molecule has 0 saturated heterocycles. The third-order valence-electron chi connectivity index (χ3n) is 6.60. The van der Waals surface area contributed by atoms with Crippen molar-refractivity contribution in [1.29, 1.82) is 0 Å². The number of carbonyl (C=O) groups excluding carboxylic acids is 3. The van der Waals surface area contributed by atoms with Gasteiger partial charge in [-0.25, -0.2) is 8.78 Å². The summed E-state index contributed by atoms with van der Waals surface area (Å²) in [5.74, 6) is -5.88. The Bertz CT molecular complexity index is 1500. The summed E-state index contributed by atoms with van der Waals surface area (Å²) >= 11 is 0. The molecule has 0 atom stereocenters. The largest absolute Gasteiger partial charge is 0.506 e. The summed E-state index contributed by atoms with van der Waals surface area (Å²) in [7, 11) is 0. The van der Waals surface area contributed by atoms with E-state index >= 15 is 0 Å². The highest BCUT2D eigenvalue weighted by Gasteiger charge is 2.34. The minimum absolute atomic E-state index is 0.0555. The molecular formula is C27H27F2N5O5. The number of pyridine rings is 2. The van der Waals surface area contributed by atoms with Crippen LogP contribution in [0.3, 0.4) is 0 Å². The number of fused-ring (bicyclic) bond motifs is 1. The van der Waals surface area contributed by atoms with Crippen LogP contribution in [0.2, 0.25) is 0 Å². The zero-order valence-electron chi connectivity index (χ0n) is 21.3. The minimum atomic E-state index is -3.01. The molecule has 4 N–H and O–H groups in total. The molecule has 3 aromatic rings. The number of aromatic hydroxyl groups is 1. The summed E-state index contributed by atoms with van der Waals surface area (Å²) in [5, 5.41) is 13.2. The smallest absolute Gasteiger partial charge is 0.273 e. The lowest BCUT2D eigenvalue weighted by Gasteiger charge is -2.18. The molecule has 0 unspecified atom stereocenters. The van der Waals surface area contributed by atoms with Gasteiger partial charge in [0.05, 0.1) is 31.7 Å². The number of aryl methyl sites for hydroxylation is 1. The Morgan fingerprint density at radius 3 is 2.41 bits per heavy atom. The highest BCUT2D eigenvalue weighted by molar-refractivity contribution is 5.99. The SMILES string of the molecule is CCC(F)(F)c1ccc(Cn2c3c(c(O)c(C(=O)NCC(N)=O)c2=O)CN(C(=O)c2ccc(C)nc2)C3)cc1. The highest BCUT2D eigenvalue weighted by atomic mass is 19.3. The maximum Gasteiger partial charge on any atom is 0.273 e. The molecular weight excluding hydrogens is 512 g/mol. The number of aromatic nitrogens is 2. The Balaban J connectivity index is 1.75. The summed E-state index contributed by atoms with van der Waals surface area (Å²) in [4.78, 5) is 56.1. The Morgan fingerprint density at radius 2 is 1.82 bits per heavy atom. The lowest BCUT2D eigenvalue weighted by molar-refractivity contribution is -0.117. The molecule has 2 aromatic heterocycles. The van der Waals surface area contributed by atoms with E-state index in [4.69, 9.17) is 5.73 Å². The molecule has 4 rings (SSSR count). The average molecular weight is 540 g/mol. The molecule has 0 bridgehead atoms. The van der Waals surface area contributed by atoms with Crippen LogP contribution in [0, 0.1) is 6.92 Å². The van der Waals surface area contributed by atoms with Crippen molar-refractivity contribution in [1.82, 2.24) is 19.8 Å². The number of nitrogens with two attached hydrogens (primary N) is 1. The standard InChI is InChI=1S/C27H27F2N5O5/c1-3-27(28,29)18-8-5-16(6-9-18)12-34-20-14-33(25(38)17-7-4-15(2)31-10-17)13-19(20)23(36)22(26(34)39)24(37)32-11-21(30)35/h4-10,36H,3,11-14H2,1-2H3,(H2,30,35)(H,32,37). The van der Waals surface area contributed by atoms with Gasteiger partial charge in [0, 0.05) is 35.1 Å². The monoisotopic (exact) mass is 539 g/mol. The van der Waals surface area contributed by atoms with Crippen LogP contribution in [0.5, 0.6) is 5.75 Å². The zero-order chi connectivity index (χ0) is 28.5. The second-order valence-electron chi connectivity index (χ2n) is 9.29. The molecule has 3 heterocycles. The second kappa shape index (κ2) is 10.6. The van der Waals surface area contributed by atoms with Crippen molar-refractivity contribution in [3.05, 3.63) is 92.2 Å². The molecule has 0 radical (unpaired) electrons. The number of halogens is 2. The van der Waals surface area contributed by atoms with Gasteiger partial charge in [-0.2, -0.15) is 0 Å². The van der Waals surface area contributed by atoms with Crippen LogP contribution in [0.15, 0.2) is 47.4 Å².